The van der Waals surface area contributed by atoms with E-state index in [1.165, 1.54) is 16.9 Å². The second kappa shape index (κ2) is 10.9. The zero-order chi connectivity index (χ0) is 23.5. The minimum atomic E-state index is -0.121. The van der Waals surface area contributed by atoms with Crippen LogP contribution in [0.25, 0.3) is 10.2 Å². The molecule has 0 N–H and O–H groups in total. The number of benzene rings is 3. The van der Waals surface area contributed by atoms with Crippen molar-refractivity contribution in [3.05, 3.63) is 94.5 Å². The summed E-state index contributed by atoms with van der Waals surface area (Å²) in [5.74, 6) is -0.180. The summed E-state index contributed by atoms with van der Waals surface area (Å²) in [5, 5.41) is 0.690. The molecule has 0 atom stereocenters. The Labute approximate surface area is 210 Å². The number of aryl methyl sites for hydroxylation is 2. The van der Waals surface area contributed by atoms with E-state index in [2.05, 4.69) is 26.0 Å². The topological polar surface area (TPSA) is 53.5 Å². The van der Waals surface area contributed by atoms with Gasteiger partial charge in [-0.05, 0) is 57.3 Å². The van der Waals surface area contributed by atoms with Crippen LogP contribution >= 0.6 is 23.7 Å². The van der Waals surface area contributed by atoms with Crippen molar-refractivity contribution < 1.29 is 9.59 Å². The Balaban J connectivity index is 0.00000324. The van der Waals surface area contributed by atoms with Gasteiger partial charge in [0.15, 0.2) is 10.9 Å². The summed E-state index contributed by atoms with van der Waals surface area (Å²) in [7, 11) is 3.97. The molecule has 3 aromatic carbocycles. The zero-order valence-corrected chi connectivity index (χ0v) is 21.4. The fraction of sp³-hybridized carbons (Fsp3) is 0.222. The van der Waals surface area contributed by atoms with Crippen LogP contribution in [0, 0.1) is 13.8 Å². The van der Waals surface area contributed by atoms with Crippen molar-refractivity contribution >= 4 is 50.8 Å². The molecule has 7 heteroatoms. The van der Waals surface area contributed by atoms with Crippen molar-refractivity contribution in [3.63, 3.8) is 0 Å². The first-order chi connectivity index (χ1) is 15.8. The lowest BCUT2D eigenvalue weighted by molar-refractivity contribution is 0.0982. The molecule has 0 bridgehead atoms. The number of ketones is 1. The van der Waals surface area contributed by atoms with Gasteiger partial charge in [-0.15, -0.1) is 12.4 Å². The Morgan fingerprint density at radius 3 is 2.09 bits per heavy atom. The molecular formula is C27H28ClN3O2S. The SMILES string of the molecule is Cc1ccc2sc(N(CCN(C)C)C(=O)c3ccc(C(=O)c4ccccc4)cc3)nc2c1C.Cl. The van der Waals surface area contributed by atoms with Gasteiger partial charge in [0, 0.05) is 29.8 Å². The third-order valence-electron chi connectivity index (χ3n) is 5.75. The highest BCUT2D eigenvalue weighted by molar-refractivity contribution is 7.22. The molecule has 1 heterocycles. The molecule has 0 aliphatic heterocycles. The lowest BCUT2D eigenvalue weighted by atomic mass is 10.0. The molecule has 4 aromatic rings. The van der Waals surface area contributed by atoms with E-state index >= 15 is 0 Å². The summed E-state index contributed by atoms with van der Waals surface area (Å²) in [6.07, 6.45) is 0. The number of hydrogen-bond acceptors (Lipinski definition) is 5. The molecule has 0 spiro atoms. The van der Waals surface area contributed by atoms with Gasteiger partial charge in [-0.25, -0.2) is 4.98 Å². The van der Waals surface area contributed by atoms with Crippen LogP contribution in [-0.2, 0) is 0 Å². The largest absolute Gasteiger partial charge is 0.308 e. The Morgan fingerprint density at radius 2 is 1.44 bits per heavy atom. The van der Waals surface area contributed by atoms with Crippen molar-refractivity contribution in [2.75, 3.05) is 32.1 Å². The quantitative estimate of drug-likeness (QED) is 0.306. The van der Waals surface area contributed by atoms with Crippen molar-refractivity contribution in [1.82, 2.24) is 9.88 Å². The predicted molar refractivity (Wildman–Crippen MR) is 143 cm³/mol. The van der Waals surface area contributed by atoms with E-state index in [4.69, 9.17) is 4.98 Å². The number of aromatic nitrogens is 1. The normalized spacial score (nSPS) is 10.9. The summed E-state index contributed by atoms with van der Waals surface area (Å²) in [6.45, 7) is 5.37. The Bertz CT molecular complexity index is 1300. The highest BCUT2D eigenvalue weighted by atomic mass is 35.5. The Hall–Kier alpha value is -3.06. The van der Waals surface area contributed by atoms with Gasteiger partial charge in [0.1, 0.15) is 0 Å². The number of hydrogen-bond donors (Lipinski definition) is 0. The molecular weight excluding hydrogens is 466 g/mol. The number of halogens is 1. The minimum absolute atomic E-state index is 0. The van der Waals surface area contributed by atoms with Crippen LogP contribution in [0.4, 0.5) is 5.13 Å². The van der Waals surface area contributed by atoms with Crippen LogP contribution < -0.4 is 4.90 Å². The molecule has 0 aliphatic rings. The fourth-order valence-corrected chi connectivity index (χ4v) is 4.64. The number of carbonyl (C=O) groups is 2. The van der Waals surface area contributed by atoms with Crippen LogP contribution in [0.15, 0.2) is 66.7 Å². The summed E-state index contributed by atoms with van der Waals surface area (Å²) in [6, 6.07) is 20.2. The number of carbonyl (C=O) groups excluding carboxylic acids is 2. The van der Waals surface area contributed by atoms with E-state index in [1.54, 1.807) is 41.3 Å². The highest BCUT2D eigenvalue weighted by Gasteiger charge is 2.22. The van der Waals surface area contributed by atoms with E-state index in [9.17, 15) is 9.59 Å². The van der Waals surface area contributed by atoms with Crippen molar-refractivity contribution in [3.8, 4) is 0 Å². The maximum absolute atomic E-state index is 13.5. The minimum Gasteiger partial charge on any atom is -0.308 e. The van der Waals surface area contributed by atoms with Crippen LogP contribution in [0.2, 0.25) is 0 Å². The molecule has 176 valence electrons. The maximum Gasteiger partial charge on any atom is 0.260 e. The highest BCUT2D eigenvalue weighted by Crippen LogP contribution is 2.32. The van der Waals surface area contributed by atoms with E-state index in [1.807, 2.05) is 37.2 Å². The molecule has 34 heavy (non-hydrogen) atoms. The Kier molecular flexibility index (Phi) is 8.20. The first kappa shape index (κ1) is 25.6. The molecule has 0 radical (unpaired) electrons. The third kappa shape index (κ3) is 5.36. The fourth-order valence-electron chi connectivity index (χ4n) is 3.59. The summed E-state index contributed by atoms with van der Waals surface area (Å²) < 4.78 is 1.07. The first-order valence-corrected chi connectivity index (χ1v) is 11.7. The van der Waals surface area contributed by atoms with Crippen molar-refractivity contribution in [2.24, 2.45) is 0 Å². The molecule has 0 aliphatic carbocycles. The number of anilines is 1. The monoisotopic (exact) mass is 493 g/mol. The van der Waals surface area contributed by atoms with Gasteiger partial charge in [-0.2, -0.15) is 0 Å². The number of amides is 1. The maximum atomic E-state index is 13.5. The average molecular weight is 494 g/mol. The molecule has 4 rings (SSSR count). The molecule has 1 amide bonds. The average Bonchev–Trinajstić information content (AvgIpc) is 3.26. The van der Waals surface area contributed by atoms with Gasteiger partial charge in [-0.1, -0.05) is 59.9 Å². The van der Waals surface area contributed by atoms with E-state index in [0.717, 1.165) is 15.8 Å². The molecule has 0 saturated heterocycles. The van der Waals surface area contributed by atoms with Crippen LogP contribution in [0.1, 0.15) is 37.4 Å². The number of likely N-dealkylation sites (N-methyl/N-ethyl adjacent to an activating group) is 1. The van der Waals surface area contributed by atoms with Gasteiger partial charge in [0.2, 0.25) is 0 Å². The van der Waals surface area contributed by atoms with Gasteiger partial charge in [-0.3, -0.25) is 14.5 Å². The second-order valence-corrected chi connectivity index (χ2v) is 9.39. The van der Waals surface area contributed by atoms with Gasteiger partial charge in [0.25, 0.3) is 5.91 Å². The van der Waals surface area contributed by atoms with E-state index in [-0.39, 0.29) is 24.1 Å². The van der Waals surface area contributed by atoms with Gasteiger partial charge < -0.3 is 4.90 Å². The number of thiazole rings is 1. The lowest BCUT2D eigenvalue weighted by Crippen LogP contribution is -2.36. The first-order valence-electron chi connectivity index (χ1n) is 10.9. The summed E-state index contributed by atoms with van der Waals surface area (Å²) in [4.78, 5) is 34.9. The molecule has 5 nitrogen and oxygen atoms in total. The zero-order valence-electron chi connectivity index (χ0n) is 19.7. The third-order valence-corrected chi connectivity index (χ3v) is 6.79. The number of rotatable bonds is 7. The van der Waals surface area contributed by atoms with Gasteiger partial charge >= 0.3 is 0 Å². The molecule has 0 fully saturated rings. The predicted octanol–water partition coefficient (Wildman–Crippen LogP) is 5.77. The second-order valence-electron chi connectivity index (χ2n) is 8.38. The van der Waals surface area contributed by atoms with Gasteiger partial charge in [0.05, 0.1) is 10.2 Å². The molecule has 0 saturated carbocycles. The van der Waals surface area contributed by atoms with Crippen molar-refractivity contribution in [2.45, 2.75) is 13.8 Å². The number of fused-ring (bicyclic) bond motifs is 1. The van der Waals surface area contributed by atoms with E-state index < -0.39 is 0 Å². The van der Waals surface area contributed by atoms with Crippen LogP contribution in [0.3, 0.4) is 0 Å². The lowest BCUT2D eigenvalue weighted by Gasteiger charge is -2.22. The summed E-state index contributed by atoms with van der Waals surface area (Å²) >= 11 is 1.53. The standard InChI is InChI=1S/C27H27N3O2S.ClH/c1-18-10-15-23-24(19(18)2)28-27(33-23)30(17-16-29(3)4)26(32)22-13-11-21(12-14-22)25(31)20-8-6-5-7-9-20;/h5-15H,16-17H2,1-4H3;1H. The van der Waals surface area contributed by atoms with Crippen LogP contribution in [-0.4, -0.2) is 48.8 Å². The molecule has 1 aromatic heterocycles. The molecule has 0 unspecified atom stereocenters. The summed E-state index contributed by atoms with van der Waals surface area (Å²) in [5.41, 5.74) is 4.99. The van der Waals surface area contributed by atoms with Crippen LogP contribution in [0.5, 0.6) is 0 Å². The Morgan fingerprint density at radius 1 is 0.824 bits per heavy atom. The number of nitrogens with zero attached hydrogens (tertiary/aromatic N) is 3. The van der Waals surface area contributed by atoms with E-state index in [0.29, 0.717) is 34.9 Å². The smallest absolute Gasteiger partial charge is 0.260 e. The van der Waals surface area contributed by atoms with Crippen molar-refractivity contribution in [1.29, 1.82) is 0 Å².